The number of amides is 1. The minimum atomic E-state index is -4.97. The van der Waals surface area contributed by atoms with Gasteiger partial charge in [0.1, 0.15) is 6.04 Å². The summed E-state index contributed by atoms with van der Waals surface area (Å²) in [6, 6.07) is 15.5. The summed E-state index contributed by atoms with van der Waals surface area (Å²) in [7, 11) is 0. The predicted molar refractivity (Wildman–Crippen MR) is 115 cm³/mol. The lowest BCUT2D eigenvalue weighted by Crippen LogP contribution is -2.41. The molecule has 1 unspecified atom stereocenters. The maximum absolute atomic E-state index is 13.1. The van der Waals surface area contributed by atoms with Crippen LogP contribution in [0.2, 0.25) is 0 Å². The lowest BCUT2D eigenvalue weighted by Gasteiger charge is -2.30. The van der Waals surface area contributed by atoms with Gasteiger partial charge in [0.25, 0.3) is 5.78 Å². The van der Waals surface area contributed by atoms with Crippen LogP contribution < -0.4 is 15.5 Å². The second kappa shape index (κ2) is 10.8. The molecule has 1 atom stereocenters. The van der Waals surface area contributed by atoms with Gasteiger partial charge in [0, 0.05) is 31.8 Å². The number of carbonyl (C=O) groups excluding carboxylic acids is 2. The number of allylic oxidation sites excluding steroid dienone is 1. The smallest absolute Gasteiger partial charge is 0.379 e. The summed E-state index contributed by atoms with van der Waals surface area (Å²) in [6.07, 6.45) is -3.49. The summed E-state index contributed by atoms with van der Waals surface area (Å²) >= 11 is 0. The highest BCUT2D eigenvalue weighted by atomic mass is 19.4. The molecule has 2 N–H and O–H groups in total. The number of halogens is 3. The lowest BCUT2D eigenvalue weighted by molar-refractivity contribution is -0.165. The number of nitrogens with one attached hydrogen (secondary N) is 2. The van der Waals surface area contributed by atoms with E-state index in [9.17, 15) is 22.8 Å². The Labute approximate surface area is 184 Å². The number of para-hydroxylation sites is 2. The van der Waals surface area contributed by atoms with E-state index in [0.717, 1.165) is 17.5 Å². The number of ketones is 1. The van der Waals surface area contributed by atoms with E-state index in [2.05, 4.69) is 15.5 Å². The first-order chi connectivity index (χ1) is 15.3. The van der Waals surface area contributed by atoms with Gasteiger partial charge in [-0.05, 0) is 17.7 Å². The van der Waals surface area contributed by atoms with Crippen LogP contribution >= 0.6 is 0 Å². The summed E-state index contributed by atoms with van der Waals surface area (Å²) in [5.41, 5.74) is 2.25. The highest BCUT2D eigenvalue weighted by Gasteiger charge is 2.36. The Kier molecular flexibility index (Phi) is 7.88. The molecular formula is C23H24F3N3O3. The summed E-state index contributed by atoms with van der Waals surface area (Å²) in [4.78, 5) is 26.3. The van der Waals surface area contributed by atoms with Gasteiger partial charge >= 0.3 is 6.18 Å². The monoisotopic (exact) mass is 447 g/mol. The molecule has 6 nitrogen and oxygen atoms in total. The fourth-order valence-corrected chi connectivity index (χ4v) is 3.29. The second-order valence-electron chi connectivity index (χ2n) is 7.21. The Morgan fingerprint density at radius 1 is 1.03 bits per heavy atom. The van der Waals surface area contributed by atoms with Crippen molar-refractivity contribution in [1.29, 1.82) is 0 Å². The van der Waals surface area contributed by atoms with E-state index < -0.39 is 23.9 Å². The number of hydrogen-bond acceptors (Lipinski definition) is 5. The van der Waals surface area contributed by atoms with Crippen LogP contribution in [0.3, 0.4) is 0 Å². The number of ether oxygens (including phenoxy) is 1. The van der Waals surface area contributed by atoms with Crippen molar-refractivity contribution in [3.63, 3.8) is 0 Å². The number of benzene rings is 2. The molecule has 1 aliphatic rings. The Morgan fingerprint density at radius 3 is 2.38 bits per heavy atom. The van der Waals surface area contributed by atoms with Crippen molar-refractivity contribution in [2.45, 2.75) is 18.6 Å². The number of anilines is 2. The highest BCUT2D eigenvalue weighted by molar-refractivity contribution is 5.98. The van der Waals surface area contributed by atoms with Gasteiger partial charge in [-0.1, -0.05) is 42.5 Å². The molecule has 0 saturated carbocycles. The fraction of sp³-hybridized carbons (Fsp3) is 0.304. The Bertz CT molecular complexity index is 942. The zero-order valence-corrected chi connectivity index (χ0v) is 17.3. The molecule has 2 aromatic rings. The third-order valence-electron chi connectivity index (χ3n) is 4.92. The van der Waals surface area contributed by atoms with Gasteiger partial charge in [-0.25, -0.2) is 0 Å². The number of hydrogen-bond donors (Lipinski definition) is 2. The van der Waals surface area contributed by atoms with Crippen molar-refractivity contribution < 1.29 is 27.5 Å². The quantitative estimate of drug-likeness (QED) is 0.608. The van der Waals surface area contributed by atoms with Crippen LogP contribution in [0.1, 0.15) is 5.56 Å². The number of morpholine rings is 1. The molecule has 2 aromatic carbocycles. The van der Waals surface area contributed by atoms with E-state index in [1.807, 2.05) is 30.3 Å². The van der Waals surface area contributed by atoms with E-state index in [0.29, 0.717) is 38.1 Å². The van der Waals surface area contributed by atoms with Crippen molar-refractivity contribution in [2.75, 3.05) is 36.5 Å². The fourth-order valence-electron chi connectivity index (χ4n) is 3.29. The highest BCUT2D eigenvalue weighted by Crippen LogP contribution is 2.26. The van der Waals surface area contributed by atoms with Crippen LogP contribution in [0.15, 0.2) is 66.9 Å². The van der Waals surface area contributed by atoms with Crippen LogP contribution in [0, 0.1) is 0 Å². The zero-order valence-electron chi connectivity index (χ0n) is 17.3. The molecule has 32 heavy (non-hydrogen) atoms. The van der Waals surface area contributed by atoms with Crippen LogP contribution in [0.4, 0.5) is 24.5 Å². The van der Waals surface area contributed by atoms with Crippen molar-refractivity contribution in [3.8, 4) is 0 Å². The van der Waals surface area contributed by atoms with Crippen molar-refractivity contribution in [3.05, 3.63) is 72.4 Å². The van der Waals surface area contributed by atoms with Gasteiger partial charge < -0.3 is 20.3 Å². The standard InChI is InChI=1S/C23H24F3N3O3/c24-23(25,26)21(30)10-11-27-19(16-17-6-2-1-3-7-17)22(31)28-18-8-4-5-9-20(18)29-12-14-32-15-13-29/h1-11,19,27H,12-16H2,(H,28,31)/b11-10+. The average Bonchev–Trinajstić information content (AvgIpc) is 2.79. The Morgan fingerprint density at radius 2 is 1.69 bits per heavy atom. The van der Waals surface area contributed by atoms with Crippen LogP contribution in [-0.4, -0.2) is 50.2 Å². The molecule has 170 valence electrons. The molecule has 9 heteroatoms. The first-order valence-corrected chi connectivity index (χ1v) is 10.1. The molecule has 0 spiro atoms. The number of nitrogens with zero attached hydrogens (tertiary/aromatic N) is 1. The van der Waals surface area contributed by atoms with Crippen LogP contribution in [0.5, 0.6) is 0 Å². The van der Waals surface area contributed by atoms with Crippen molar-refractivity contribution >= 4 is 23.1 Å². The van der Waals surface area contributed by atoms with Gasteiger partial charge in [0.05, 0.1) is 24.6 Å². The molecule has 0 radical (unpaired) electrons. The van der Waals surface area contributed by atoms with Crippen LogP contribution in [-0.2, 0) is 20.7 Å². The van der Waals surface area contributed by atoms with E-state index in [1.54, 1.807) is 24.3 Å². The normalized spacial score (nSPS) is 15.4. The third kappa shape index (κ3) is 6.58. The van der Waals surface area contributed by atoms with E-state index >= 15 is 0 Å². The molecule has 1 aliphatic heterocycles. The molecule has 1 amide bonds. The molecule has 3 rings (SSSR count). The summed E-state index contributed by atoms with van der Waals surface area (Å²) in [5.74, 6) is -2.43. The molecule has 1 saturated heterocycles. The van der Waals surface area contributed by atoms with E-state index in [-0.39, 0.29) is 6.42 Å². The molecule has 0 bridgehead atoms. The van der Waals surface area contributed by atoms with Gasteiger partial charge in [-0.3, -0.25) is 9.59 Å². The minimum Gasteiger partial charge on any atom is -0.379 e. The largest absolute Gasteiger partial charge is 0.454 e. The SMILES string of the molecule is O=C(Nc1ccccc1N1CCOCC1)C(Cc1ccccc1)N/C=C/C(=O)C(F)(F)F. The number of carbonyl (C=O) groups is 2. The number of alkyl halides is 3. The van der Waals surface area contributed by atoms with Gasteiger partial charge in [0.2, 0.25) is 5.91 Å². The Balaban J connectivity index is 1.76. The van der Waals surface area contributed by atoms with Gasteiger partial charge in [-0.2, -0.15) is 13.2 Å². The summed E-state index contributed by atoms with van der Waals surface area (Å²) in [5, 5.41) is 5.51. The first-order valence-electron chi connectivity index (χ1n) is 10.1. The van der Waals surface area contributed by atoms with Crippen LogP contribution in [0.25, 0.3) is 0 Å². The van der Waals surface area contributed by atoms with Crippen molar-refractivity contribution in [1.82, 2.24) is 5.32 Å². The minimum absolute atomic E-state index is 0.219. The maximum Gasteiger partial charge on any atom is 0.454 e. The van der Waals surface area contributed by atoms with Gasteiger partial charge in [0.15, 0.2) is 0 Å². The molecule has 1 heterocycles. The molecule has 0 aromatic heterocycles. The zero-order chi connectivity index (χ0) is 23.0. The summed E-state index contributed by atoms with van der Waals surface area (Å²) < 4.78 is 42.8. The van der Waals surface area contributed by atoms with E-state index in [4.69, 9.17) is 4.74 Å². The molecule has 0 aliphatic carbocycles. The average molecular weight is 447 g/mol. The number of rotatable bonds is 8. The Hall–Kier alpha value is -3.33. The second-order valence-corrected chi connectivity index (χ2v) is 7.21. The van der Waals surface area contributed by atoms with Gasteiger partial charge in [-0.15, -0.1) is 0 Å². The third-order valence-corrected chi connectivity index (χ3v) is 4.92. The maximum atomic E-state index is 13.1. The topological polar surface area (TPSA) is 70.7 Å². The first kappa shape index (κ1) is 23.3. The molecule has 1 fully saturated rings. The summed E-state index contributed by atoms with van der Waals surface area (Å²) in [6.45, 7) is 2.53. The lowest BCUT2D eigenvalue weighted by atomic mass is 10.1. The molecular weight excluding hydrogens is 423 g/mol. The predicted octanol–water partition coefficient (Wildman–Crippen LogP) is 3.31. The van der Waals surface area contributed by atoms with Crippen molar-refractivity contribution in [2.24, 2.45) is 0 Å². The van der Waals surface area contributed by atoms with E-state index in [1.165, 1.54) is 0 Å².